The van der Waals surface area contributed by atoms with Crippen molar-refractivity contribution in [3.05, 3.63) is 82.4 Å². The van der Waals surface area contributed by atoms with Gasteiger partial charge in [-0.3, -0.25) is 9.36 Å². The first-order valence-electron chi connectivity index (χ1n) is 11.2. The second-order valence-electron chi connectivity index (χ2n) is 8.58. The van der Waals surface area contributed by atoms with Crippen molar-refractivity contribution in [3.63, 3.8) is 0 Å². The molecular weight excluding hydrogens is 477 g/mol. The first-order chi connectivity index (χ1) is 17.2. The number of hydrogen-bond acceptors (Lipinski definition) is 7. The maximum absolute atomic E-state index is 15.3. The Labute approximate surface area is 203 Å². The van der Waals surface area contributed by atoms with E-state index in [0.717, 1.165) is 29.0 Å². The fraction of sp³-hybridized carbons (Fsp3) is 0.240. The van der Waals surface area contributed by atoms with Crippen molar-refractivity contribution in [3.8, 4) is 11.4 Å². The predicted octanol–water partition coefficient (Wildman–Crippen LogP) is 3.60. The van der Waals surface area contributed by atoms with Crippen LogP contribution in [0.15, 0.2) is 59.6 Å². The molecule has 2 aromatic heterocycles. The van der Waals surface area contributed by atoms with Crippen LogP contribution in [0.2, 0.25) is 0 Å². The molecule has 0 bridgehead atoms. The van der Waals surface area contributed by atoms with Crippen molar-refractivity contribution in [1.29, 1.82) is 0 Å². The fourth-order valence-corrected chi connectivity index (χ4v) is 4.51. The Kier molecular flexibility index (Phi) is 5.79. The fourth-order valence-electron chi connectivity index (χ4n) is 4.51. The third-order valence-electron chi connectivity index (χ3n) is 6.24. The number of hydrogen-bond donors (Lipinski definition) is 1. The molecule has 0 amide bonds. The summed E-state index contributed by atoms with van der Waals surface area (Å²) in [5, 5.41) is -0.277. The van der Waals surface area contributed by atoms with Crippen molar-refractivity contribution in [2.24, 2.45) is 11.7 Å². The summed E-state index contributed by atoms with van der Waals surface area (Å²) >= 11 is 0. The van der Waals surface area contributed by atoms with Crippen LogP contribution < -0.4 is 20.8 Å². The smallest absolute Gasteiger partial charge is 0.434 e. The average molecular weight is 498 g/mol. The maximum atomic E-state index is 15.3. The van der Waals surface area contributed by atoms with E-state index >= 15 is 4.39 Å². The number of carbonyl (C=O) groups is 1. The Bertz CT molecular complexity index is 1500. The van der Waals surface area contributed by atoms with Crippen LogP contribution in [0.1, 0.15) is 6.92 Å². The van der Waals surface area contributed by atoms with Crippen molar-refractivity contribution < 1.29 is 27.4 Å². The molecule has 11 heteroatoms. The van der Waals surface area contributed by atoms with E-state index in [1.165, 1.54) is 0 Å². The molecule has 2 aliphatic rings. The van der Waals surface area contributed by atoms with Gasteiger partial charge in [0.2, 0.25) is 5.43 Å². The molecule has 1 fully saturated rings. The van der Waals surface area contributed by atoms with Crippen LogP contribution in [-0.4, -0.2) is 40.9 Å². The van der Waals surface area contributed by atoms with Gasteiger partial charge >= 0.3 is 6.16 Å². The highest BCUT2D eigenvalue weighted by atomic mass is 19.1. The largest absolute Gasteiger partial charge is 0.514 e. The summed E-state index contributed by atoms with van der Waals surface area (Å²) in [7, 11) is 0. The normalized spacial score (nSPS) is 20.6. The van der Waals surface area contributed by atoms with E-state index in [1.54, 1.807) is 11.8 Å². The van der Waals surface area contributed by atoms with E-state index in [-0.39, 0.29) is 41.6 Å². The van der Waals surface area contributed by atoms with E-state index < -0.39 is 40.3 Å². The van der Waals surface area contributed by atoms with Gasteiger partial charge in [-0.1, -0.05) is 24.3 Å². The minimum Gasteiger partial charge on any atom is -0.434 e. The molecule has 1 aliphatic heterocycles. The summed E-state index contributed by atoms with van der Waals surface area (Å²) < 4.78 is 54.5. The summed E-state index contributed by atoms with van der Waals surface area (Å²) in [4.78, 5) is 31.0. The molecule has 3 aromatic rings. The first kappa shape index (κ1) is 23.6. The number of ether oxygens (including phenoxy) is 2. The number of allylic oxidation sites excluding steroid dienone is 2. The van der Waals surface area contributed by atoms with Gasteiger partial charge in [0, 0.05) is 25.1 Å². The summed E-state index contributed by atoms with van der Waals surface area (Å²) in [5.74, 6) is -3.32. The molecule has 8 nitrogen and oxygen atoms in total. The number of fused-ring (bicyclic) bond motifs is 2. The Hall–Kier alpha value is -4.12. The lowest BCUT2D eigenvalue weighted by atomic mass is 9.85. The highest BCUT2D eigenvalue weighted by molar-refractivity contribution is 5.81. The number of nitrogens with two attached hydrogens (primary N) is 1. The minimum absolute atomic E-state index is 0.0173. The maximum Gasteiger partial charge on any atom is 0.514 e. The Morgan fingerprint density at radius 3 is 2.75 bits per heavy atom. The lowest BCUT2D eigenvalue weighted by molar-refractivity contribution is 0.104. The third kappa shape index (κ3) is 4.01. The topological polar surface area (TPSA) is 99.7 Å². The second-order valence-corrected chi connectivity index (χ2v) is 8.58. The molecule has 0 saturated carbocycles. The molecule has 0 spiro atoms. The lowest BCUT2D eigenvalue weighted by Gasteiger charge is -2.26. The molecule has 1 saturated heterocycles. The number of nitrogens with zero attached hydrogens (tertiary/aromatic N) is 3. The van der Waals surface area contributed by atoms with Gasteiger partial charge < -0.3 is 20.1 Å². The first-order valence-corrected chi connectivity index (χ1v) is 11.2. The number of pyridine rings is 2. The highest BCUT2D eigenvalue weighted by Gasteiger charge is 2.42. The zero-order valence-corrected chi connectivity index (χ0v) is 19.1. The second kappa shape index (κ2) is 8.83. The van der Waals surface area contributed by atoms with Gasteiger partial charge in [0.25, 0.3) is 0 Å². The summed E-state index contributed by atoms with van der Waals surface area (Å²) in [5.41, 5.74) is 4.60. The van der Waals surface area contributed by atoms with Gasteiger partial charge in [0.1, 0.15) is 11.6 Å². The SMILES string of the molecule is CCOC(=O)Oc1cn(-c2ccc(F)cc2F)c2nc(N3CC4C=CC=CC4(N)C3)c(F)cc2c1=O. The number of halogens is 3. The zero-order chi connectivity index (χ0) is 25.6. The Morgan fingerprint density at radius 2 is 2.03 bits per heavy atom. The van der Waals surface area contributed by atoms with Crippen LogP contribution >= 0.6 is 0 Å². The quantitative estimate of drug-likeness (QED) is 0.549. The standard InChI is InChI=1S/C25H21F3N4O4/c1-2-35-24(34)36-20-12-32(19-7-6-15(26)9-17(19)27)22-16(21(20)33)10-18(28)23(30-22)31-11-14-5-3-4-8-25(14,29)13-31/h3-10,12,14H,2,11,13,29H2,1H3. The van der Waals surface area contributed by atoms with Gasteiger partial charge in [0.05, 0.1) is 29.4 Å². The van der Waals surface area contributed by atoms with E-state index in [0.29, 0.717) is 12.6 Å². The van der Waals surface area contributed by atoms with Gasteiger partial charge in [-0.2, -0.15) is 0 Å². The molecule has 2 atom stereocenters. The van der Waals surface area contributed by atoms with Gasteiger partial charge in [0.15, 0.2) is 23.0 Å². The molecule has 36 heavy (non-hydrogen) atoms. The number of benzene rings is 1. The minimum atomic E-state index is -1.17. The van der Waals surface area contributed by atoms with E-state index in [4.69, 9.17) is 15.2 Å². The molecule has 5 rings (SSSR count). The van der Waals surface area contributed by atoms with Crippen LogP contribution in [0.3, 0.4) is 0 Å². The summed E-state index contributed by atoms with van der Waals surface area (Å²) in [6, 6.07) is 3.74. The van der Waals surface area contributed by atoms with Crippen molar-refractivity contribution in [1.82, 2.24) is 9.55 Å². The van der Waals surface area contributed by atoms with E-state index in [2.05, 4.69) is 4.98 Å². The number of rotatable bonds is 4. The van der Waals surface area contributed by atoms with Gasteiger partial charge in [-0.15, -0.1) is 0 Å². The number of carbonyl (C=O) groups excluding carboxylic acids is 1. The molecule has 2 unspecified atom stereocenters. The van der Waals surface area contributed by atoms with Crippen LogP contribution in [0.4, 0.5) is 23.8 Å². The molecule has 1 aromatic carbocycles. The Morgan fingerprint density at radius 1 is 1.22 bits per heavy atom. The average Bonchev–Trinajstić information content (AvgIpc) is 3.18. The zero-order valence-electron chi connectivity index (χ0n) is 19.1. The summed E-state index contributed by atoms with van der Waals surface area (Å²) in [6.07, 6.45) is 7.33. The van der Waals surface area contributed by atoms with Crippen LogP contribution in [-0.2, 0) is 4.74 Å². The van der Waals surface area contributed by atoms with Crippen LogP contribution in [0, 0.1) is 23.4 Å². The van der Waals surface area contributed by atoms with Crippen LogP contribution in [0.25, 0.3) is 16.7 Å². The molecule has 1 aliphatic carbocycles. The molecule has 0 radical (unpaired) electrons. The summed E-state index contributed by atoms with van der Waals surface area (Å²) in [6.45, 7) is 2.15. The lowest BCUT2D eigenvalue weighted by Crippen LogP contribution is -2.46. The molecular formula is C25H21F3N4O4. The highest BCUT2D eigenvalue weighted by Crippen LogP contribution is 2.35. The third-order valence-corrected chi connectivity index (χ3v) is 6.24. The van der Waals surface area contributed by atoms with Crippen molar-refractivity contribution >= 4 is 23.0 Å². The van der Waals surface area contributed by atoms with Crippen LogP contribution in [0.5, 0.6) is 5.75 Å². The number of aromatic nitrogens is 2. The van der Waals surface area contributed by atoms with E-state index in [9.17, 15) is 18.4 Å². The molecule has 3 heterocycles. The molecule has 186 valence electrons. The molecule has 2 N–H and O–H groups in total. The van der Waals surface area contributed by atoms with Gasteiger partial charge in [-0.05, 0) is 25.1 Å². The van der Waals surface area contributed by atoms with E-state index in [1.807, 2.05) is 24.3 Å². The predicted molar refractivity (Wildman–Crippen MR) is 126 cm³/mol. The Balaban J connectivity index is 1.70. The van der Waals surface area contributed by atoms with Crippen molar-refractivity contribution in [2.75, 3.05) is 24.6 Å². The monoisotopic (exact) mass is 498 g/mol. The number of anilines is 1. The van der Waals surface area contributed by atoms with Gasteiger partial charge in [-0.25, -0.2) is 22.9 Å². The van der Waals surface area contributed by atoms with Crippen molar-refractivity contribution in [2.45, 2.75) is 12.5 Å².